The van der Waals surface area contributed by atoms with Gasteiger partial charge in [0.1, 0.15) is 5.82 Å². The van der Waals surface area contributed by atoms with Gasteiger partial charge in [-0.2, -0.15) is 0 Å². The Hall–Kier alpha value is -1.24. The van der Waals surface area contributed by atoms with E-state index in [1.165, 1.54) is 6.07 Å². The Morgan fingerprint density at radius 1 is 1.33 bits per heavy atom. The molecule has 0 radical (unpaired) electrons. The van der Waals surface area contributed by atoms with Crippen LogP contribution in [0, 0.1) is 11.7 Å². The molecule has 1 N–H and O–H groups in total. The maximum Gasteiger partial charge on any atom is 0.335 e. The Bertz CT molecular complexity index is 593. The molecule has 1 aliphatic heterocycles. The molecule has 0 unspecified atom stereocenters. The number of rotatable bonds is 6. The zero-order valence-corrected chi connectivity index (χ0v) is 15.9. The first-order chi connectivity index (χ1) is 11.2. The van der Waals surface area contributed by atoms with Gasteiger partial charge in [-0.3, -0.25) is 0 Å². The molecule has 1 fully saturated rings. The summed E-state index contributed by atoms with van der Waals surface area (Å²) in [5.41, 5.74) is -0.0635. The molecule has 1 heterocycles. The Morgan fingerprint density at radius 2 is 1.96 bits per heavy atom. The van der Waals surface area contributed by atoms with Crippen LogP contribution in [0.15, 0.2) is 18.2 Å². The van der Waals surface area contributed by atoms with Gasteiger partial charge in [0, 0.05) is 13.2 Å². The van der Waals surface area contributed by atoms with Crippen LogP contribution < -0.4 is 0 Å². The van der Waals surface area contributed by atoms with E-state index in [0.717, 1.165) is 18.9 Å². The third kappa shape index (κ3) is 4.23. The molecule has 1 atom stereocenters. The predicted molar refractivity (Wildman–Crippen MR) is 93.3 cm³/mol. The zero-order valence-electron chi connectivity index (χ0n) is 14.9. The third-order valence-electron chi connectivity index (χ3n) is 4.53. The number of hydrogen-bond acceptors (Lipinski definition) is 3. The summed E-state index contributed by atoms with van der Waals surface area (Å²) >= 11 is 0. The number of carbonyl (C=O) groups is 1. The van der Waals surface area contributed by atoms with Gasteiger partial charge in [-0.1, -0.05) is 6.92 Å². The van der Waals surface area contributed by atoms with Gasteiger partial charge in [0.2, 0.25) is 0 Å². The van der Waals surface area contributed by atoms with Crippen LogP contribution in [0.3, 0.4) is 0 Å². The van der Waals surface area contributed by atoms with Gasteiger partial charge >= 0.3 is 5.97 Å². The zero-order chi connectivity index (χ0) is 18.0. The van der Waals surface area contributed by atoms with Crippen molar-refractivity contribution in [3.8, 4) is 0 Å². The summed E-state index contributed by atoms with van der Waals surface area (Å²) in [5, 5.41) is 9.30. The van der Waals surface area contributed by atoms with Crippen LogP contribution in [0.5, 0.6) is 0 Å². The molecule has 2 rings (SSSR count). The number of hydrogen-bond donors (Lipinski definition) is 1. The van der Waals surface area contributed by atoms with E-state index in [0.29, 0.717) is 25.2 Å². The highest BCUT2D eigenvalue weighted by Gasteiger charge is 2.44. The Morgan fingerprint density at radius 3 is 2.46 bits per heavy atom. The fraction of sp³-hybridized carbons (Fsp3) is 0.611. The topological polar surface area (TPSA) is 55.8 Å². The number of ether oxygens (including phenoxy) is 1. The maximum atomic E-state index is 14.1. The molecule has 4 nitrogen and oxygen atoms in total. The van der Waals surface area contributed by atoms with Crippen LogP contribution in [0.25, 0.3) is 0 Å². The molecule has 1 saturated heterocycles. The van der Waals surface area contributed by atoms with Crippen LogP contribution in [0.4, 0.5) is 4.39 Å². The SMILES string of the molecule is CC[C@@](O[Si](C)(C)C)(c1cc(F)cc(C(=O)O)c1)C1CCOCC1. The Labute approximate surface area is 144 Å². The fourth-order valence-electron chi connectivity index (χ4n) is 3.61. The van der Waals surface area contributed by atoms with Crippen molar-refractivity contribution >= 4 is 14.3 Å². The van der Waals surface area contributed by atoms with Crippen molar-refractivity contribution < 1.29 is 23.5 Å². The standard InChI is InChI=1S/C18H27FO4Si/c1-5-18(23-24(2,3)4,14-6-8-22-9-7-14)15-10-13(17(20)21)11-16(19)12-15/h10-12,14H,5-9H2,1-4H3,(H,20,21)/t18-/m0/s1. The molecule has 1 aromatic carbocycles. The minimum atomic E-state index is -1.95. The van der Waals surface area contributed by atoms with E-state index in [4.69, 9.17) is 9.16 Å². The first-order valence-electron chi connectivity index (χ1n) is 8.50. The number of carboxylic acid groups (broad SMARTS) is 1. The third-order valence-corrected chi connectivity index (χ3v) is 5.50. The Kier molecular flexibility index (Phi) is 5.83. The van der Waals surface area contributed by atoms with E-state index in [1.807, 2.05) is 6.92 Å². The average Bonchev–Trinajstić information content (AvgIpc) is 2.52. The quantitative estimate of drug-likeness (QED) is 0.769. The summed E-state index contributed by atoms with van der Waals surface area (Å²) in [5.74, 6) is -1.47. The summed E-state index contributed by atoms with van der Waals surface area (Å²) in [6.07, 6.45) is 2.33. The van der Waals surface area contributed by atoms with E-state index in [-0.39, 0.29) is 11.5 Å². The molecule has 0 amide bonds. The highest BCUT2D eigenvalue weighted by atomic mass is 28.4. The number of halogens is 1. The maximum absolute atomic E-state index is 14.1. The van der Waals surface area contributed by atoms with Crippen LogP contribution in [-0.2, 0) is 14.8 Å². The summed E-state index contributed by atoms with van der Waals surface area (Å²) in [4.78, 5) is 11.4. The van der Waals surface area contributed by atoms with Crippen molar-refractivity contribution in [3.05, 3.63) is 35.1 Å². The number of carboxylic acids is 1. The number of aromatic carboxylic acids is 1. The second-order valence-electron chi connectivity index (χ2n) is 7.38. The van der Waals surface area contributed by atoms with Gasteiger partial charge < -0.3 is 14.3 Å². The monoisotopic (exact) mass is 354 g/mol. The summed E-state index contributed by atoms with van der Waals surface area (Å²) in [6.45, 7) is 9.66. The largest absolute Gasteiger partial charge is 0.478 e. The van der Waals surface area contributed by atoms with Gasteiger partial charge in [0.05, 0.1) is 11.2 Å². The molecule has 1 aromatic rings. The summed E-state index contributed by atoms with van der Waals surface area (Å²) in [7, 11) is -1.95. The van der Waals surface area contributed by atoms with Crippen LogP contribution in [-0.4, -0.2) is 32.6 Å². The predicted octanol–water partition coefficient (Wildman–Crippen LogP) is 4.41. The van der Waals surface area contributed by atoms with Crippen LogP contribution in [0.1, 0.15) is 42.1 Å². The lowest BCUT2D eigenvalue weighted by molar-refractivity contribution is -0.0601. The van der Waals surface area contributed by atoms with Crippen molar-refractivity contribution in [1.82, 2.24) is 0 Å². The van der Waals surface area contributed by atoms with E-state index in [2.05, 4.69) is 19.6 Å². The highest BCUT2D eigenvalue weighted by molar-refractivity contribution is 6.69. The average molecular weight is 354 g/mol. The molecule has 6 heteroatoms. The van der Waals surface area contributed by atoms with Crippen molar-refractivity contribution in [1.29, 1.82) is 0 Å². The molecule has 1 aliphatic rings. The van der Waals surface area contributed by atoms with Crippen LogP contribution in [0.2, 0.25) is 19.6 Å². The molecule has 0 aromatic heterocycles. The van der Waals surface area contributed by atoms with Crippen LogP contribution >= 0.6 is 0 Å². The summed E-state index contributed by atoms with van der Waals surface area (Å²) < 4.78 is 26.2. The lowest BCUT2D eigenvalue weighted by Gasteiger charge is -2.46. The number of benzene rings is 1. The highest BCUT2D eigenvalue weighted by Crippen LogP contribution is 2.44. The second kappa shape index (κ2) is 7.33. The first kappa shape index (κ1) is 19.1. The van der Waals surface area contributed by atoms with Gasteiger partial charge in [-0.15, -0.1) is 0 Å². The lowest BCUT2D eigenvalue weighted by Crippen LogP contribution is -2.47. The first-order valence-corrected chi connectivity index (χ1v) is 11.9. The van der Waals surface area contributed by atoms with Gasteiger partial charge in [0.25, 0.3) is 0 Å². The van der Waals surface area contributed by atoms with Crippen molar-refractivity contribution in [2.45, 2.75) is 51.4 Å². The molecule has 134 valence electrons. The van der Waals surface area contributed by atoms with E-state index in [1.54, 1.807) is 6.07 Å². The van der Waals surface area contributed by atoms with E-state index in [9.17, 15) is 14.3 Å². The molecule has 0 saturated carbocycles. The second-order valence-corrected chi connectivity index (χ2v) is 11.8. The molecule has 0 aliphatic carbocycles. The molecular weight excluding hydrogens is 327 g/mol. The van der Waals surface area contributed by atoms with Gasteiger partial charge in [-0.25, -0.2) is 9.18 Å². The van der Waals surface area contributed by atoms with Crippen molar-refractivity contribution in [2.75, 3.05) is 13.2 Å². The van der Waals surface area contributed by atoms with E-state index < -0.39 is 25.7 Å². The molecule has 24 heavy (non-hydrogen) atoms. The minimum absolute atomic E-state index is 0.0333. The normalized spacial score (nSPS) is 19.0. The van der Waals surface area contributed by atoms with Crippen molar-refractivity contribution in [3.63, 3.8) is 0 Å². The van der Waals surface area contributed by atoms with Gasteiger partial charge in [0.15, 0.2) is 8.32 Å². The van der Waals surface area contributed by atoms with E-state index >= 15 is 0 Å². The lowest BCUT2D eigenvalue weighted by atomic mass is 9.75. The fourth-order valence-corrected chi connectivity index (χ4v) is 5.13. The molecule has 0 spiro atoms. The van der Waals surface area contributed by atoms with Gasteiger partial charge in [-0.05, 0) is 68.6 Å². The van der Waals surface area contributed by atoms with Crippen molar-refractivity contribution in [2.24, 2.45) is 5.92 Å². The Balaban J connectivity index is 2.57. The summed E-state index contributed by atoms with van der Waals surface area (Å²) in [6, 6.07) is 4.07. The minimum Gasteiger partial charge on any atom is -0.478 e. The smallest absolute Gasteiger partial charge is 0.335 e. The molecule has 0 bridgehead atoms. The molecular formula is C18H27FO4Si.